The van der Waals surface area contributed by atoms with Crippen LogP contribution < -0.4 is 0 Å². The number of aliphatic carboxylic acids is 1. The summed E-state index contributed by atoms with van der Waals surface area (Å²) >= 11 is 0. The molecule has 2 N–H and O–H groups in total. The normalized spacial score (nSPS) is 10.7. The van der Waals surface area contributed by atoms with Crippen molar-refractivity contribution < 1.29 is 9.90 Å². The number of aromatic amines is 1. The standard InChI is InChI=1S/C15H12N2O2/c18-14(19)8-12-11-5-1-2-6-13(11)17-15(12)10-4-3-7-16-9-10/h1-7,9,17H,8H2,(H,18,19). The Morgan fingerprint density at radius 1 is 1.21 bits per heavy atom. The lowest BCUT2D eigenvalue weighted by atomic mass is 10.0. The third-order valence-corrected chi connectivity index (χ3v) is 3.09. The van der Waals surface area contributed by atoms with Crippen molar-refractivity contribution in [1.29, 1.82) is 0 Å². The van der Waals surface area contributed by atoms with Crippen molar-refractivity contribution in [3.63, 3.8) is 0 Å². The molecule has 0 radical (unpaired) electrons. The predicted octanol–water partition coefficient (Wildman–Crippen LogP) is 2.86. The summed E-state index contributed by atoms with van der Waals surface area (Å²) in [5.74, 6) is -0.838. The van der Waals surface area contributed by atoms with Gasteiger partial charge in [0, 0.05) is 28.9 Å². The van der Waals surface area contributed by atoms with Gasteiger partial charge in [0.1, 0.15) is 0 Å². The van der Waals surface area contributed by atoms with E-state index in [1.807, 2.05) is 36.4 Å². The van der Waals surface area contributed by atoms with Crippen LogP contribution in [-0.2, 0) is 11.2 Å². The molecule has 0 aliphatic heterocycles. The van der Waals surface area contributed by atoms with Gasteiger partial charge in [-0.2, -0.15) is 0 Å². The SMILES string of the molecule is O=C(O)Cc1c(-c2cccnc2)[nH]c2ccccc12. The minimum atomic E-state index is -0.838. The molecule has 0 aliphatic rings. The van der Waals surface area contributed by atoms with Crippen LogP contribution in [0.25, 0.3) is 22.2 Å². The lowest BCUT2D eigenvalue weighted by Crippen LogP contribution is -2.00. The Morgan fingerprint density at radius 2 is 2.05 bits per heavy atom. The van der Waals surface area contributed by atoms with Gasteiger partial charge in [0.15, 0.2) is 0 Å². The number of nitrogens with zero attached hydrogens (tertiary/aromatic N) is 1. The first-order valence-corrected chi connectivity index (χ1v) is 5.97. The van der Waals surface area contributed by atoms with E-state index in [1.54, 1.807) is 12.4 Å². The predicted molar refractivity (Wildman–Crippen MR) is 72.9 cm³/mol. The Bertz CT molecular complexity index is 732. The molecular formula is C15H12N2O2. The molecule has 4 nitrogen and oxygen atoms in total. The minimum absolute atomic E-state index is 0.00571. The van der Waals surface area contributed by atoms with Gasteiger partial charge in [0.2, 0.25) is 0 Å². The zero-order chi connectivity index (χ0) is 13.2. The van der Waals surface area contributed by atoms with Crippen LogP contribution in [0.2, 0.25) is 0 Å². The second-order valence-electron chi connectivity index (χ2n) is 4.34. The summed E-state index contributed by atoms with van der Waals surface area (Å²) in [4.78, 5) is 18.4. The topological polar surface area (TPSA) is 66.0 Å². The quantitative estimate of drug-likeness (QED) is 0.753. The maximum absolute atomic E-state index is 11.1. The zero-order valence-corrected chi connectivity index (χ0v) is 10.1. The molecule has 1 aromatic carbocycles. The number of carboxylic acids is 1. The Balaban J connectivity index is 2.26. The van der Waals surface area contributed by atoms with Gasteiger partial charge in [-0.3, -0.25) is 9.78 Å². The third-order valence-electron chi connectivity index (χ3n) is 3.09. The fourth-order valence-electron chi connectivity index (χ4n) is 2.29. The highest BCUT2D eigenvalue weighted by atomic mass is 16.4. The molecule has 0 fully saturated rings. The maximum Gasteiger partial charge on any atom is 0.307 e. The molecule has 0 unspecified atom stereocenters. The minimum Gasteiger partial charge on any atom is -0.481 e. The van der Waals surface area contributed by atoms with Gasteiger partial charge in [-0.25, -0.2) is 0 Å². The monoisotopic (exact) mass is 252 g/mol. The van der Waals surface area contributed by atoms with E-state index in [0.29, 0.717) is 0 Å². The van der Waals surface area contributed by atoms with E-state index in [1.165, 1.54) is 0 Å². The summed E-state index contributed by atoms with van der Waals surface area (Å²) in [6.45, 7) is 0. The number of para-hydroxylation sites is 1. The first-order chi connectivity index (χ1) is 9.25. The number of nitrogens with one attached hydrogen (secondary N) is 1. The number of pyridine rings is 1. The molecule has 0 saturated carbocycles. The Labute approximate surface area is 109 Å². The van der Waals surface area contributed by atoms with Crippen molar-refractivity contribution >= 4 is 16.9 Å². The van der Waals surface area contributed by atoms with Crippen molar-refractivity contribution in [3.8, 4) is 11.3 Å². The first-order valence-electron chi connectivity index (χ1n) is 5.97. The molecule has 3 rings (SSSR count). The van der Waals surface area contributed by atoms with E-state index in [-0.39, 0.29) is 6.42 Å². The second kappa shape index (κ2) is 4.57. The highest BCUT2D eigenvalue weighted by Gasteiger charge is 2.15. The van der Waals surface area contributed by atoms with Gasteiger partial charge in [0.05, 0.1) is 12.1 Å². The molecular weight excluding hydrogens is 240 g/mol. The Kier molecular flexibility index (Phi) is 2.76. The number of carboxylic acid groups (broad SMARTS) is 1. The molecule has 0 saturated heterocycles. The van der Waals surface area contributed by atoms with Gasteiger partial charge >= 0.3 is 5.97 Å². The molecule has 0 aliphatic carbocycles. The lowest BCUT2D eigenvalue weighted by Gasteiger charge is -2.02. The van der Waals surface area contributed by atoms with Crippen LogP contribution in [0.5, 0.6) is 0 Å². The summed E-state index contributed by atoms with van der Waals surface area (Å²) in [6, 6.07) is 11.5. The van der Waals surface area contributed by atoms with Crippen LogP contribution >= 0.6 is 0 Å². The summed E-state index contributed by atoms with van der Waals surface area (Å²) in [7, 11) is 0. The maximum atomic E-state index is 11.1. The highest BCUT2D eigenvalue weighted by Crippen LogP contribution is 2.30. The van der Waals surface area contributed by atoms with E-state index < -0.39 is 5.97 Å². The molecule has 0 atom stereocenters. The van der Waals surface area contributed by atoms with Gasteiger partial charge in [-0.1, -0.05) is 18.2 Å². The average Bonchev–Trinajstić information content (AvgIpc) is 2.78. The number of carbonyl (C=O) groups is 1. The van der Waals surface area contributed by atoms with Crippen LogP contribution in [0, 0.1) is 0 Å². The molecule has 94 valence electrons. The second-order valence-corrected chi connectivity index (χ2v) is 4.34. The third kappa shape index (κ3) is 2.08. The van der Waals surface area contributed by atoms with Crippen molar-refractivity contribution in [2.75, 3.05) is 0 Å². The summed E-state index contributed by atoms with van der Waals surface area (Å²) in [5, 5.41) is 10.0. The van der Waals surface area contributed by atoms with Crippen LogP contribution in [0.3, 0.4) is 0 Å². The number of benzene rings is 1. The van der Waals surface area contributed by atoms with E-state index in [4.69, 9.17) is 5.11 Å². The molecule has 0 amide bonds. The van der Waals surface area contributed by atoms with Crippen molar-refractivity contribution in [2.24, 2.45) is 0 Å². The number of rotatable bonds is 3. The molecule has 0 spiro atoms. The average molecular weight is 252 g/mol. The van der Waals surface area contributed by atoms with Gasteiger partial charge < -0.3 is 10.1 Å². The number of hydrogen-bond acceptors (Lipinski definition) is 2. The molecule has 19 heavy (non-hydrogen) atoms. The van der Waals surface area contributed by atoms with Gasteiger partial charge in [0.25, 0.3) is 0 Å². The molecule has 0 bridgehead atoms. The Morgan fingerprint density at radius 3 is 2.79 bits per heavy atom. The lowest BCUT2D eigenvalue weighted by molar-refractivity contribution is -0.136. The van der Waals surface area contributed by atoms with Gasteiger partial charge in [-0.05, 0) is 23.8 Å². The van der Waals surface area contributed by atoms with Crippen LogP contribution in [0.4, 0.5) is 0 Å². The van der Waals surface area contributed by atoms with Gasteiger partial charge in [-0.15, -0.1) is 0 Å². The number of fused-ring (bicyclic) bond motifs is 1. The number of aromatic nitrogens is 2. The van der Waals surface area contributed by atoms with Crippen molar-refractivity contribution in [1.82, 2.24) is 9.97 Å². The summed E-state index contributed by atoms with van der Waals surface area (Å²) < 4.78 is 0. The Hall–Kier alpha value is -2.62. The summed E-state index contributed by atoms with van der Waals surface area (Å²) in [5.41, 5.74) is 3.47. The smallest absolute Gasteiger partial charge is 0.307 e. The van der Waals surface area contributed by atoms with E-state index in [2.05, 4.69) is 9.97 Å². The zero-order valence-electron chi connectivity index (χ0n) is 10.1. The van der Waals surface area contributed by atoms with Crippen LogP contribution in [0.1, 0.15) is 5.56 Å². The molecule has 2 aromatic heterocycles. The van der Waals surface area contributed by atoms with Crippen LogP contribution in [-0.4, -0.2) is 21.0 Å². The van der Waals surface area contributed by atoms with E-state index >= 15 is 0 Å². The first kappa shape index (κ1) is 11.5. The molecule has 3 aromatic rings. The highest BCUT2D eigenvalue weighted by molar-refractivity contribution is 5.93. The largest absolute Gasteiger partial charge is 0.481 e. The number of hydrogen-bond donors (Lipinski definition) is 2. The molecule has 4 heteroatoms. The fourth-order valence-corrected chi connectivity index (χ4v) is 2.29. The fraction of sp³-hybridized carbons (Fsp3) is 0.0667. The summed E-state index contributed by atoms with van der Waals surface area (Å²) in [6.07, 6.45) is 3.42. The molecule has 2 heterocycles. The van der Waals surface area contributed by atoms with E-state index in [0.717, 1.165) is 27.7 Å². The van der Waals surface area contributed by atoms with Crippen molar-refractivity contribution in [3.05, 3.63) is 54.4 Å². The van der Waals surface area contributed by atoms with Crippen molar-refractivity contribution in [2.45, 2.75) is 6.42 Å². The van der Waals surface area contributed by atoms with Crippen LogP contribution in [0.15, 0.2) is 48.8 Å². The van der Waals surface area contributed by atoms with E-state index in [9.17, 15) is 4.79 Å². The number of H-pyrrole nitrogens is 1.